The molecule has 1 aliphatic heterocycles. The number of aliphatic hydroxyl groups excluding tert-OH is 1. The number of piperazine rings is 1. The summed E-state index contributed by atoms with van der Waals surface area (Å²) in [4.78, 5) is 31.8. The van der Waals surface area contributed by atoms with Crippen molar-refractivity contribution in [3.05, 3.63) is 0 Å². The first-order valence-corrected chi connectivity index (χ1v) is 17.1. The Kier molecular flexibility index (Phi) is 7.98. The maximum absolute atomic E-state index is 13.2. The Morgan fingerprint density at radius 2 is 1.55 bits per heavy atom. The number of urea groups is 1. The summed E-state index contributed by atoms with van der Waals surface area (Å²) >= 11 is 0. The minimum Gasteiger partial charge on any atom is -0.393 e. The van der Waals surface area contributed by atoms with Crippen molar-refractivity contribution in [3.63, 3.8) is 0 Å². The van der Waals surface area contributed by atoms with Gasteiger partial charge in [-0.3, -0.25) is 4.79 Å². The van der Waals surface area contributed by atoms with Gasteiger partial charge in [0.1, 0.15) is 0 Å². The Balaban J connectivity index is 0.995. The molecule has 9 atom stereocenters. The van der Waals surface area contributed by atoms with Gasteiger partial charge >= 0.3 is 6.03 Å². The predicted octanol–water partition coefficient (Wildman–Crippen LogP) is 6.03. The second-order valence-electron chi connectivity index (χ2n) is 15.8. The molecule has 1 saturated heterocycles. The number of aliphatic hydroxyl groups is 1. The first kappa shape index (κ1) is 28.8. The van der Waals surface area contributed by atoms with Crippen molar-refractivity contribution >= 4 is 11.9 Å². The van der Waals surface area contributed by atoms with E-state index in [1.54, 1.807) is 0 Å². The highest BCUT2D eigenvalue weighted by atomic mass is 16.3. The quantitative estimate of drug-likeness (QED) is 0.435. The van der Waals surface area contributed by atoms with Crippen LogP contribution < -0.4 is 0 Å². The highest BCUT2D eigenvalue weighted by Crippen LogP contribution is 2.68. The second kappa shape index (κ2) is 11.1. The minimum absolute atomic E-state index is 0.0621. The molecule has 0 bridgehead atoms. The lowest BCUT2D eigenvalue weighted by molar-refractivity contribution is -0.134. The Labute approximate surface area is 243 Å². The molecule has 40 heavy (non-hydrogen) atoms. The van der Waals surface area contributed by atoms with Gasteiger partial charge in [0.05, 0.1) is 6.10 Å². The van der Waals surface area contributed by atoms with Crippen LogP contribution in [-0.2, 0) is 4.79 Å². The molecule has 6 heteroatoms. The summed E-state index contributed by atoms with van der Waals surface area (Å²) < 4.78 is 0. The number of carbonyl (C=O) groups excluding carboxylic acids is 2. The van der Waals surface area contributed by atoms with Crippen molar-refractivity contribution in [2.24, 2.45) is 52.3 Å². The Morgan fingerprint density at radius 1 is 0.875 bits per heavy atom. The minimum atomic E-state index is -0.0621. The molecule has 0 aromatic heterocycles. The fourth-order valence-electron chi connectivity index (χ4n) is 11.1. The first-order valence-electron chi connectivity index (χ1n) is 17.1. The topological polar surface area (TPSA) is 64.1 Å². The lowest BCUT2D eigenvalue weighted by Crippen LogP contribution is -2.54. The SMILES string of the molecule is C[C@H](CCC(=O)N1CCN(C(=O)N(C)CC2CC2)CC1)[C@H]1CC[C@H]2[C@@H]3CC[C@H]4C[C@@H](O)CC[C@]4(C)[C@H]3CC[C@]12C. The van der Waals surface area contributed by atoms with Gasteiger partial charge in [0.15, 0.2) is 0 Å². The molecular weight excluding hydrogens is 498 g/mol. The van der Waals surface area contributed by atoms with Crippen LogP contribution in [0.25, 0.3) is 0 Å². The lowest BCUT2D eigenvalue weighted by atomic mass is 9.44. The number of amides is 3. The summed E-state index contributed by atoms with van der Waals surface area (Å²) in [5, 5.41) is 10.4. The van der Waals surface area contributed by atoms with Crippen molar-refractivity contribution in [1.29, 1.82) is 0 Å². The van der Waals surface area contributed by atoms with E-state index in [-0.39, 0.29) is 12.1 Å². The molecule has 6 nitrogen and oxygen atoms in total. The molecule has 6 aliphatic rings. The number of carbonyl (C=O) groups is 2. The molecule has 0 aromatic carbocycles. The number of nitrogens with zero attached hydrogens (tertiary/aromatic N) is 3. The van der Waals surface area contributed by atoms with Gasteiger partial charge in [-0.1, -0.05) is 20.8 Å². The lowest BCUT2D eigenvalue weighted by Gasteiger charge is -2.61. The summed E-state index contributed by atoms with van der Waals surface area (Å²) in [6, 6.07) is 0.134. The predicted molar refractivity (Wildman–Crippen MR) is 159 cm³/mol. The molecular formula is C34H57N3O3. The van der Waals surface area contributed by atoms with Gasteiger partial charge in [-0.05, 0) is 129 Å². The summed E-state index contributed by atoms with van der Waals surface area (Å²) in [7, 11) is 1.92. The molecule has 1 heterocycles. The average Bonchev–Trinajstić information content (AvgIpc) is 3.69. The molecule has 6 fully saturated rings. The van der Waals surface area contributed by atoms with Crippen LogP contribution in [-0.4, -0.2) is 77.6 Å². The van der Waals surface area contributed by atoms with E-state index in [1.165, 1.54) is 57.8 Å². The zero-order valence-corrected chi connectivity index (χ0v) is 26.0. The second-order valence-corrected chi connectivity index (χ2v) is 15.8. The smallest absolute Gasteiger partial charge is 0.319 e. The fraction of sp³-hybridized carbons (Fsp3) is 0.941. The molecule has 0 spiro atoms. The van der Waals surface area contributed by atoms with Crippen LogP contribution >= 0.6 is 0 Å². The van der Waals surface area contributed by atoms with Crippen LogP contribution in [0.3, 0.4) is 0 Å². The third-order valence-electron chi connectivity index (χ3n) is 13.7. The number of fused-ring (bicyclic) bond motifs is 5. The van der Waals surface area contributed by atoms with Crippen LogP contribution in [0.5, 0.6) is 0 Å². The van der Waals surface area contributed by atoms with Crippen molar-refractivity contribution < 1.29 is 14.7 Å². The van der Waals surface area contributed by atoms with Gasteiger partial charge in [0.2, 0.25) is 5.91 Å². The van der Waals surface area contributed by atoms with Gasteiger partial charge in [-0.2, -0.15) is 0 Å². The molecule has 0 aromatic rings. The van der Waals surface area contributed by atoms with E-state index in [0.29, 0.717) is 61.2 Å². The Bertz CT molecular complexity index is 945. The average molecular weight is 556 g/mol. The van der Waals surface area contributed by atoms with Crippen molar-refractivity contribution in [3.8, 4) is 0 Å². The molecule has 1 N–H and O–H groups in total. The highest BCUT2D eigenvalue weighted by molar-refractivity contribution is 5.77. The van der Waals surface area contributed by atoms with Crippen LogP contribution in [0.1, 0.15) is 104 Å². The number of hydrogen-bond acceptors (Lipinski definition) is 3. The van der Waals surface area contributed by atoms with Crippen molar-refractivity contribution in [1.82, 2.24) is 14.7 Å². The normalized spacial score (nSPS) is 42.0. The third kappa shape index (κ3) is 5.22. The maximum Gasteiger partial charge on any atom is 0.319 e. The number of hydrogen-bond donors (Lipinski definition) is 1. The zero-order valence-electron chi connectivity index (χ0n) is 26.0. The number of rotatable bonds is 6. The van der Waals surface area contributed by atoms with Crippen LogP contribution in [0.4, 0.5) is 4.79 Å². The monoisotopic (exact) mass is 555 g/mol. The summed E-state index contributed by atoms with van der Waals surface area (Å²) in [6.45, 7) is 11.2. The van der Waals surface area contributed by atoms with E-state index in [1.807, 2.05) is 21.7 Å². The van der Waals surface area contributed by atoms with E-state index < -0.39 is 0 Å². The molecule has 3 amide bonds. The molecule has 226 valence electrons. The Hall–Kier alpha value is -1.30. The summed E-state index contributed by atoms with van der Waals surface area (Å²) in [6.07, 6.45) is 15.5. The van der Waals surface area contributed by atoms with Crippen molar-refractivity contribution in [2.75, 3.05) is 39.8 Å². The maximum atomic E-state index is 13.2. The molecule has 5 aliphatic carbocycles. The van der Waals surface area contributed by atoms with Gasteiger partial charge < -0.3 is 19.8 Å². The van der Waals surface area contributed by atoms with E-state index >= 15 is 0 Å². The van der Waals surface area contributed by atoms with Crippen LogP contribution in [0.15, 0.2) is 0 Å². The van der Waals surface area contributed by atoms with Crippen LogP contribution in [0.2, 0.25) is 0 Å². The van der Waals surface area contributed by atoms with E-state index in [0.717, 1.165) is 55.4 Å². The summed E-state index contributed by atoms with van der Waals surface area (Å²) in [5.41, 5.74) is 0.875. The van der Waals surface area contributed by atoms with Gasteiger partial charge in [-0.15, -0.1) is 0 Å². The Morgan fingerprint density at radius 3 is 2.27 bits per heavy atom. The third-order valence-corrected chi connectivity index (χ3v) is 13.7. The largest absolute Gasteiger partial charge is 0.393 e. The van der Waals surface area contributed by atoms with Gasteiger partial charge in [-0.25, -0.2) is 4.79 Å². The summed E-state index contributed by atoms with van der Waals surface area (Å²) in [5.74, 6) is 5.63. The fourth-order valence-corrected chi connectivity index (χ4v) is 11.1. The van der Waals surface area contributed by atoms with Crippen LogP contribution in [0, 0.1) is 52.3 Å². The molecule has 0 unspecified atom stereocenters. The van der Waals surface area contributed by atoms with E-state index in [2.05, 4.69) is 20.8 Å². The van der Waals surface area contributed by atoms with E-state index in [9.17, 15) is 14.7 Å². The zero-order chi connectivity index (χ0) is 28.2. The first-order chi connectivity index (χ1) is 19.1. The highest BCUT2D eigenvalue weighted by Gasteiger charge is 2.60. The van der Waals surface area contributed by atoms with E-state index in [4.69, 9.17) is 0 Å². The van der Waals surface area contributed by atoms with Gasteiger partial charge in [0.25, 0.3) is 0 Å². The molecule has 6 rings (SSSR count). The standard InChI is InChI=1S/C34H57N3O3/c1-23(5-12-31(39)36-17-19-37(20-18-36)32(40)35(4)22-24-6-7-24)28-10-11-29-27-9-8-25-21-26(38)13-15-33(25,2)30(27)14-16-34(28,29)3/h23-30,38H,5-22H2,1-4H3/t23-,25+,26+,27+,28-,29+,30+,33+,34-/m1/s1. The molecule has 5 saturated carbocycles. The van der Waals surface area contributed by atoms with Gasteiger partial charge in [0, 0.05) is 46.2 Å². The molecule has 0 radical (unpaired) electrons. The van der Waals surface area contributed by atoms with Crippen molar-refractivity contribution in [2.45, 2.75) is 110 Å².